The number of hydrogen-bond acceptors (Lipinski definition) is 3. The standard InChI is InChI=1S/C21H26ClN3O2/c1-2-24(14-16-3-9-20(26)10-4-16)21(27)23-13-17-11-12-25(15-17)19-7-5-18(22)6-8-19/h3-10,17,26H,2,11-15H2,1H3,(H,23,27). The third-order valence-electron chi connectivity index (χ3n) is 5.00. The van der Waals surface area contributed by atoms with Gasteiger partial charge >= 0.3 is 6.03 Å². The number of hydrogen-bond donors (Lipinski definition) is 2. The highest BCUT2D eigenvalue weighted by atomic mass is 35.5. The molecule has 5 nitrogen and oxygen atoms in total. The smallest absolute Gasteiger partial charge is 0.317 e. The molecule has 1 atom stereocenters. The summed E-state index contributed by atoms with van der Waals surface area (Å²) in [6, 6.07) is 14.8. The van der Waals surface area contributed by atoms with Gasteiger partial charge < -0.3 is 20.2 Å². The zero-order chi connectivity index (χ0) is 19.2. The SMILES string of the molecule is CCN(Cc1ccc(O)cc1)C(=O)NCC1CCN(c2ccc(Cl)cc2)C1. The maximum absolute atomic E-state index is 12.5. The van der Waals surface area contributed by atoms with Crippen molar-refractivity contribution in [2.24, 2.45) is 5.92 Å². The molecule has 1 fully saturated rings. The van der Waals surface area contributed by atoms with Crippen LogP contribution < -0.4 is 10.2 Å². The number of rotatable bonds is 6. The minimum atomic E-state index is -0.0458. The van der Waals surface area contributed by atoms with E-state index >= 15 is 0 Å². The quantitative estimate of drug-likeness (QED) is 0.784. The summed E-state index contributed by atoms with van der Waals surface area (Å²) in [6.07, 6.45) is 1.06. The maximum atomic E-state index is 12.5. The lowest BCUT2D eigenvalue weighted by molar-refractivity contribution is 0.196. The van der Waals surface area contributed by atoms with Gasteiger partial charge in [-0.2, -0.15) is 0 Å². The van der Waals surface area contributed by atoms with Crippen LogP contribution in [0, 0.1) is 5.92 Å². The average Bonchev–Trinajstić information content (AvgIpc) is 3.15. The molecule has 0 spiro atoms. The summed E-state index contributed by atoms with van der Waals surface area (Å²) in [7, 11) is 0. The number of aromatic hydroxyl groups is 1. The van der Waals surface area contributed by atoms with Gasteiger partial charge in [0, 0.05) is 43.4 Å². The second kappa shape index (κ2) is 9.00. The Balaban J connectivity index is 1.47. The Labute approximate surface area is 165 Å². The van der Waals surface area contributed by atoms with Crippen LogP contribution >= 0.6 is 11.6 Å². The lowest BCUT2D eigenvalue weighted by Gasteiger charge is -2.23. The Morgan fingerprint density at radius 1 is 1.22 bits per heavy atom. The molecule has 0 aliphatic carbocycles. The number of nitrogens with one attached hydrogen (secondary N) is 1. The van der Waals surface area contributed by atoms with Gasteiger partial charge in [-0.1, -0.05) is 23.7 Å². The molecule has 2 amide bonds. The monoisotopic (exact) mass is 387 g/mol. The van der Waals surface area contributed by atoms with Crippen molar-refractivity contribution in [1.82, 2.24) is 10.2 Å². The predicted octanol–water partition coefficient (Wildman–Crippen LogP) is 4.10. The highest BCUT2D eigenvalue weighted by Crippen LogP contribution is 2.24. The van der Waals surface area contributed by atoms with E-state index in [0.29, 0.717) is 25.6 Å². The number of urea groups is 1. The largest absolute Gasteiger partial charge is 0.508 e. The number of phenolic OH excluding ortho intramolecular Hbond substituents is 1. The highest BCUT2D eigenvalue weighted by molar-refractivity contribution is 6.30. The Kier molecular flexibility index (Phi) is 6.45. The minimum Gasteiger partial charge on any atom is -0.508 e. The molecule has 2 aromatic carbocycles. The van der Waals surface area contributed by atoms with Crippen molar-refractivity contribution in [2.75, 3.05) is 31.1 Å². The molecule has 6 heteroatoms. The zero-order valence-corrected chi connectivity index (χ0v) is 16.3. The van der Waals surface area contributed by atoms with Gasteiger partial charge in [0.25, 0.3) is 0 Å². The Morgan fingerprint density at radius 3 is 2.59 bits per heavy atom. The van der Waals surface area contributed by atoms with Gasteiger partial charge in [-0.3, -0.25) is 0 Å². The van der Waals surface area contributed by atoms with Gasteiger partial charge in [-0.05, 0) is 61.2 Å². The summed E-state index contributed by atoms with van der Waals surface area (Å²) < 4.78 is 0. The Morgan fingerprint density at radius 2 is 1.93 bits per heavy atom. The first-order valence-corrected chi connectivity index (χ1v) is 9.74. The first kappa shape index (κ1) is 19.4. The van der Waals surface area contributed by atoms with E-state index in [4.69, 9.17) is 11.6 Å². The number of amides is 2. The van der Waals surface area contributed by atoms with Crippen molar-refractivity contribution in [3.63, 3.8) is 0 Å². The van der Waals surface area contributed by atoms with Crippen molar-refractivity contribution < 1.29 is 9.90 Å². The number of benzene rings is 2. The van der Waals surface area contributed by atoms with Gasteiger partial charge in [0.1, 0.15) is 5.75 Å². The fourth-order valence-electron chi connectivity index (χ4n) is 3.38. The number of carbonyl (C=O) groups excluding carboxylic acids is 1. The van der Waals surface area contributed by atoms with E-state index in [0.717, 1.165) is 30.1 Å². The number of nitrogens with zero attached hydrogens (tertiary/aromatic N) is 2. The van der Waals surface area contributed by atoms with E-state index in [1.54, 1.807) is 17.0 Å². The molecule has 2 N–H and O–H groups in total. The van der Waals surface area contributed by atoms with E-state index in [1.165, 1.54) is 5.69 Å². The number of halogens is 1. The van der Waals surface area contributed by atoms with Gasteiger partial charge in [-0.15, -0.1) is 0 Å². The second-order valence-electron chi connectivity index (χ2n) is 6.94. The fraction of sp³-hybridized carbons (Fsp3) is 0.381. The molecule has 1 aliphatic heterocycles. The first-order chi connectivity index (χ1) is 13.0. The molecule has 1 unspecified atom stereocenters. The van der Waals surface area contributed by atoms with Crippen molar-refractivity contribution in [3.8, 4) is 5.75 Å². The summed E-state index contributed by atoms with van der Waals surface area (Å²) in [5.41, 5.74) is 2.18. The van der Waals surface area contributed by atoms with Gasteiger partial charge in [0.15, 0.2) is 0 Å². The molecule has 0 saturated carbocycles. The van der Waals surface area contributed by atoms with Crippen molar-refractivity contribution >= 4 is 23.3 Å². The van der Waals surface area contributed by atoms with E-state index in [9.17, 15) is 9.90 Å². The lowest BCUT2D eigenvalue weighted by atomic mass is 10.1. The summed E-state index contributed by atoms with van der Waals surface area (Å²) in [6.45, 7) is 5.74. The maximum Gasteiger partial charge on any atom is 0.317 e. The third kappa shape index (κ3) is 5.30. The van der Waals surface area contributed by atoms with Gasteiger partial charge in [-0.25, -0.2) is 4.79 Å². The molecule has 0 radical (unpaired) electrons. The van der Waals surface area contributed by atoms with Crippen LogP contribution in [-0.2, 0) is 6.54 Å². The fourth-order valence-corrected chi connectivity index (χ4v) is 3.50. The average molecular weight is 388 g/mol. The minimum absolute atomic E-state index is 0.0458. The molecule has 2 aromatic rings. The first-order valence-electron chi connectivity index (χ1n) is 9.36. The molecule has 1 aliphatic rings. The highest BCUT2D eigenvalue weighted by Gasteiger charge is 2.23. The van der Waals surface area contributed by atoms with Gasteiger partial charge in [0.2, 0.25) is 0 Å². The molecule has 27 heavy (non-hydrogen) atoms. The van der Waals surface area contributed by atoms with Crippen molar-refractivity contribution in [2.45, 2.75) is 19.9 Å². The second-order valence-corrected chi connectivity index (χ2v) is 7.38. The lowest BCUT2D eigenvalue weighted by Crippen LogP contribution is -2.41. The molecule has 0 bridgehead atoms. The molecule has 3 rings (SSSR count). The number of phenols is 1. The van der Waals surface area contributed by atoms with Crippen LogP contribution in [0.4, 0.5) is 10.5 Å². The van der Waals surface area contributed by atoms with Crippen LogP contribution in [-0.4, -0.2) is 42.2 Å². The van der Waals surface area contributed by atoms with E-state index in [-0.39, 0.29) is 11.8 Å². The zero-order valence-electron chi connectivity index (χ0n) is 15.6. The Hall–Kier alpha value is -2.40. The molecule has 0 aromatic heterocycles. The summed E-state index contributed by atoms with van der Waals surface area (Å²) in [5, 5.41) is 13.2. The predicted molar refractivity (Wildman–Crippen MR) is 109 cm³/mol. The van der Waals surface area contributed by atoms with Crippen LogP contribution in [0.25, 0.3) is 0 Å². The molecule has 1 saturated heterocycles. The number of carbonyl (C=O) groups is 1. The normalized spacial score (nSPS) is 16.4. The van der Waals surface area contributed by atoms with Crippen LogP contribution in [0.3, 0.4) is 0 Å². The van der Waals surface area contributed by atoms with E-state index < -0.39 is 0 Å². The van der Waals surface area contributed by atoms with Crippen LogP contribution in [0.2, 0.25) is 5.02 Å². The third-order valence-corrected chi connectivity index (χ3v) is 5.25. The molecule has 144 valence electrons. The van der Waals surface area contributed by atoms with Crippen molar-refractivity contribution in [3.05, 3.63) is 59.1 Å². The van der Waals surface area contributed by atoms with Crippen LogP contribution in [0.5, 0.6) is 5.75 Å². The van der Waals surface area contributed by atoms with Gasteiger partial charge in [0.05, 0.1) is 0 Å². The van der Waals surface area contributed by atoms with E-state index in [2.05, 4.69) is 10.2 Å². The summed E-state index contributed by atoms with van der Waals surface area (Å²) >= 11 is 5.96. The molecular weight excluding hydrogens is 362 g/mol. The Bertz CT molecular complexity index is 749. The van der Waals surface area contributed by atoms with Crippen LogP contribution in [0.15, 0.2) is 48.5 Å². The topological polar surface area (TPSA) is 55.8 Å². The van der Waals surface area contributed by atoms with E-state index in [1.807, 2.05) is 43.3 Å². The molecule has 1 heterocycles. The van der Waals surface area contributed by atoms with Crippen molar-refractivity contribution in [1.29, 1.82) is 0 Å². The van der Waals surface area contributed by atoms with Crippen LogP contribution in [0.1, 0.15) is 18.9 Å². The molecular formula is C21H26ClN3O2. The number of anilines is 1. The summed E-state index contributed by atoms with van der Waals surface area (Å²) in [4.78, 5) is 16.6. The summed E-state index contributed by atoms with van der Waals surface area (Å²) in [5.74, 6) is 0.676.